The first-order valence-electron chi connectivity index (χ1n) is 8.96. The van der Waals surface area contributed by atoms with E-state index in [1.165, 1.54) is 6.07 Å². The molecular formula is C21H29FIN3O3. The molecule has 2 aromatic carbocycles. The Kier molecular flexibility index (Phi) is 10.0. The van der Waals surface area contributed by atoms with E-state index in [0.29, 0.717) is 35.3 Å². The highest BCUT2D eigenvalue weighted by molar-refractivity contribution is 14.0. The fourth-order valence-corrected chi connectivity index (χ4v) is 2.84. The lowest BCUT2D eigenvalue weighted by molar-refractivity contribution is 0.322. The fourth-order valence-electron chi connectivity index (χ4n) is 2.84. The van der Waals surface area contributed by atoms with E-state index in [4.69, 9.17) is 14.2 Å². The summed E-state index contributed by atoms with van der Waals surface area (Å²) in [6.07, 6.45) is 0. The largest absolute Gasteiger partial charge is 0.493 e. The van der Waals surface area contributed by atoms with Gasteiger partial charge in [0.2, 0.25) is 5.75 Å². The highest BCUT2D eigenvalue weighted by atomic mass is 127. The molecule has 0 saturated heterocycles. The minimum Gasteiger partial charge on any atom is -0.493 e. The van der Waals surface area contributed by atoms with Crippen LogP contribution < -0.4 is 24.8 Å². The maximum Gasteiger partial charge on any atom is 0.203 e. The van der Waals surface area contributed by atoms with Crippen molar-refractivity contribution < 1.29 is 18.6 Å². The number of ether oxygens (including phenoxy) is 3. The summed E-state index contributed by atoms with van der Waals surface area (Å²) in [4.78, 5) is 4.24. The Bertz CT molecular complexity index is 846. The van der Waals surface area contributed by atoms with E-state index in [1.54, 1.807) is 41.4 Å². The first-order chi connectivity index (χ1) is 13.4. The Hall–Kier alpha value is -2.23. The molecule has 0 aliphatic carbocycles. The summed E-state index contributed by atoms with van der Waals surface area (Å²) in [5.74, 6) is 2.10. The van der Waals surface area contributed by atoms with Crippen molar-refractivity contribution >= 4 is 29.9 Å². The van der Waals surface area contributed by atoms with Gasteiger partial charge in [0.15, 0.2) is 17.5 Å². The molecule has 2 N–H and O–H groups in total. The second-order valence-electron chi connectivity index (χ2n) is 6.29. The molecule has 1 atom stereocenters. The van der Waals surface area contributed by atoms with Crippen LogP contribution in [-0.2, 0) is 6.54 Å². The van der Waals surface area contributed by atoms with Gasteiger partial charge in [-0.15, -0.1) is 24.0 Å². The molecule has 0 spiro atoms. The van der Waals surface area contributed by atoms with Gasteiger partial charge in [-0.3, -0.25) is 4.99 Å². The van der Waals surface area contributed by atoms with Crippen LogP contribution in [0.4, 0.5) is 4.39 Å². The zero-order valence-electron chi connectivity index (χ0n) is 17.6. The van der Waals surface area contributed by atoms with Gasteiger partial charge >= 0.3 is 0 Å². The minimum atomic E-state index is -0.218. The number of rotatable bonds is 7. The summed E-state index contributed by atoms with van der Waals surface area (Å²) in [6, 6.07) is 8.82. The van der Waals surface area contributed by atoms with Gasteiger partial charge in [-0.2, -0.15) is 0 Å². The number of benzene rings is 2. The Balaban J connectivity index is 0.00000420. The molecule has 0 radical (unpaired) electrons. The number of nitrogens with zero attached hydrogens (tertiary/aromatic N) is 1. The van der Waals surface area contributed by atoms with Crippen molar-refractivity contribution in [1.29, 1.82) is 0 Å². The maximum absolute atomic E-state index is 13.8. The third kappa shape index (κ3) is 6.12. The second kappa shape index (κ2) is 11.7. The molecule has 0 bridgehead atoms. The topological polar surface area (TPSA) is 64.1 Å². The fraction of sp³-hybridized carbons (Fsp3) is 0.381. The SMILES string of the molecule is CN=C(NCc1ccc(OC)c(OC)c1OC)NC(C)c1ccc(C)c(F)c1.I. The minimum absolute atomic E-state index is 0. The molecule has 0 aromatic heterocycles. The van der Waals surface area contributed by atoms with Crippen LogP contribution in [0.25, 0.3) is 0 Å². The van der Waals surface area contributed by atoms with E-state index in [2.05, 4.69) is 15.6 Å². The molecule has 0 heterocycles. The van der Waals surface area contributed by atoms with Crippen LogP contribution in [0, 0.1) is 12.7 Å². The number of halogens is 2. The summed E-state index contributed by atoms with van der Waals surface area (Å²) >= 11 is 0. The molecule has 1 unspecified atom stereocenters. The summed E-state index contributed by atoms with van der Waals surface area (Å²) in [5, 5.41) is 6.51. The van der Waals surface area contributed by atoms with E-state index in [1.807, 2.05) is 25.1 Å². The second-order valence-corrected chi connectivity index (χ2v) is 6.29. The number of aryl methyl sites for hydroxylation is 1. The maximum atomic E-state index is 13.8. The lowest BCUT2D eigenvalue weighted by atomic mass is 10.1. The summed E-state index contributed by atoms with van der Waals surface area (Å²) in [5.41, 5.74) is 2.35. The van der Waals surface area contributed by atoms with Crippen LogP contribution in [0.5, 0.6) is 17.2 Å². The molecule has 2 aromatic rings. The molecule has 2 rings (SSSR count). The molecule has 29 heavy (non-hydrogen) atoms. The summed E-state index contributed by atoms with van der Waals surface area (Å²) in [6.45, 7) is 4.15. The summed E-state index contributed by atoms with van der Waals surface area (Å²) < 4.78 is 30.1. The van der Waals surface area contributed by atoms with Gasteiger partial charge in [0.05, 0.1) is 27.4 Å². The molecule has 160 valence electrons. The monoisotopic (exact) mass is 517 g/mol. The molecule has 6 nitrogen and oxygen atoms in total. The molecule has 0 saturated carbocycles. The molecule has 8 heteroatoms. The van der Waals surface area contributed by atoms with Gasteiger partial charge in [0.1, 0.15) is 5.82 Å². The van der Waals surface area contributed by atoms with Crippen LogP contribution in [-0.4, -0.2) is 34.3 Å². The molecule has 0 fully saturated rings. The third-order valence-electron chi connectivity index (χ3n) is 4.50. The lowest BCUT2D eigenvalue weighted by Gasteiger charge is -2.20. The van der Waals surface area contributed by atoms with Gasteiger partial charge < -0.3 is 24.8 Å². The average Bonchev–Trinajstić information content (AvgIpc) is 2.71. The van der Waals surface area contributed by atoms with E-state index < -0.39 is 0 Å². The molecular weight excluding hydrogens is 488 g/mol. The predicted molar refractivity (Wildman–Crippen MR) is 124 cm³/mol. The van der Waals surface area contributed by atoms with Crippen molar-refractivity contribution in [1.82, 2.24) is 10.6 Å². The normalized spacial score (nSPS) is 11.9. The van der Waals surface area contributed by atoms with Crippen LogP contribution in [0.3, 0.4) is 0 Å². The van der Waals surface area contributed by atoms with E-state index in [0.717, 1.165) is 11.1 Å². The number of aliphatic imine (C=N–C) groups is 1. The Labute approximate surface area is 188 Å². The number of nitrogens with one attached hydrogen (secondary N) is 2. The third-order valence-corrected chi connectivity index (χ3v) is 4.50. The molecule has 0 amide bonds. The zero-order valence-corrected chi connectivity index (χ0v) is 20.0. The highest BCUT2D eigenvalue weighted by Gasteiger charge is 2.16. The number of hydrogen-bond acceptors (Lipinski definition) is 4. The van der Waals surface area contributed by atoms with Crippen LogP contribution in [0.2, 0.25) is 0 Å². The van der Waals surface area contributed by atoms with Gasteiger partial charge in [0.25, 0.3) is 0 Å². The summed E-state index contributed by atoms with van der Waals surface area (Å²) in [7, 11) is 6.42. The van der Waals surface area contributed by atoms with E-state index >= 15 is 0 Å². The smallest absolute Gasteiger partial charge is 0.203 e. The van der Waals surface area contributed by atoms with Gasteiger partial charge in [-0.25, -0.2) is 4.39 Å². The Morgan fingerprint density at radius 3 is 2.31 bits per heavy atom. The van der Waals surface area contributed by atoms with Crippen molar-refractivity contribution in [3.63, 3.8) is 0 Å². The Morgan fingerprint density at radius 1 is 1.07 bits per heavy atom. The van der Waals surface area contributed by atoms with Crippen molar-refractivity contribution in [3.8, 4) is 17.2 Å². The zero-order chi connectivity index (χ0) is 20.7. The van der Waals surface area contributed by atoms with Gasteiger partial charge in [0, 0.05) is 19.2 Å². The van der Waals surface area contributed by atoms with Crippen molar-refractivity contribution in [3.05, 3.63) is 52.8 Å². The number of methoxy groups -OCH3 is 3. The predicted octanol–water partition coefficient (Wildman–Crippen LogP) is 4.20. The van der Waals surface area contributed by atoms with Crippen LogP contribution >= 0.6 is 24.0 Å². The lowest BCUT2D eigenvalue weighted by Crippen LogP contribution is -2.38. The van der Waals surface area contributed by atoms with E-state index in [-0.39, 0.29) is 35.8 Å². The van der Waals surface area contributed by atoms with Crippen LogP contribution in [0.1, 0.15) is 29.7 Å². The van der Waals surface area contributed by atoms with E-state index in [9.17, 15) is 4.39 Å². The quantitative estimate of drug-likeness (QED) is 0.328. The van der Waals surface area contributed by atoms with Gasteiger partial charge in [-0.05, 0) is 43.2 Å². The Morgan fingerprint density at radius 2 is 1.76 bits per heavy atom. The number of guanidine groups is 1. The average molecular weight is 517 g/mol. The first kappa shape index (κ1) is 24.8. The molecule has 0 aliphatic heterocycles. The van der Waals surface area contributed by atoms with Crippen molar-refractivity contribution in [2.75, 3.05) is 28.4 Å². The highest BCUT2D eigenvalue weighted by Crippen LogP contribution is 2.39. The van der Waals surface area contributed by atoms with Crippen LogP contribution in [0.15, 0.2) is 35.3 Å². The van der Waals surface area contributed by atoms with Gasteiger partial charge in [-0.1, -0.05) is 12.1 Å². The van der Waals surface area contributed by atoms with Crippen molar-refractivity contribution in [2.24, 2.45) is 4.99 Å². The number of hydrogen-bond donors (Lipinski definition) is 2. The molecule has 0 aliphatic rings. The van der Waals surface area contributed by atoms with Crippen molar-refractivity contribution in [2.45, 2.75) is 26.4 Å². The first-order valence-corrected chi connectivity index (χ1v) is 8.96. The standard InChI is InChI=1S/C21H28FN3O3.HI/c1-13-7-8-15(11-17(13)22)14(2)25-21(23-3)24-12-16-9-10-18(26-4)20(28-6)19(16)27-5;/h7-11,14H,12H2,1-6H3,(H2,23,24,25);1H.